The van der Waals surface area contributed by atoms with E-state index in [0.717, 1.165) is 75.7 Å². The molecule has 1 N–H and O–H groups in total. The van der Waals surface area contributed by atoms with Crippen molar-refractivity contribution in [1.82, 2.24) is 19.8 Å². The Morgan fingerprint density at radius 3 is 2.24 bits per heavy atom. The number of piperidine rings is 1. The first-order chi connectivity index (χ1) is 14.1. The number of amides is 2. The predicted octanol–water partition coefficient (Wildman–Crippen LogP) is 1.41. The van der Waals surface area contributed by atoms with E-state index in [0.29, 0.717) is 19.3 Å². The highest BCUT2D eigenvalue weighted by Gasteiger charge is 2.46. The van der Waals surface area contributed by atoms with Crippen LogP contribution in [-0.4, -0.2) is 75.6 Å². The fraction of sp³-hybridized carbons (Fsp3) is 0.714. The molecule has 8 heteroatoms. The number of aliphatic hydroxyl groups excluding tert-OH is 1. The maximum absolute atomic E-state index is 12.6. The lowest BCUT2D eigenvalue weighted by Gasteiger charge is -2.39. The average Bonchev–Trinajstić information content (AvgIpc) is 3.15. The van der Waals surface area contributed by atoms with E-state index in [1.165, 1.54) is 0 Å². The summed E-state index contributed by atoms with van der Waals surface area (Å²) in [7, 11) is 0. The van der Waals surface area contributed by atoms with Crippen LogP contribution in [0.3, 0.4) is 0 Å². The third-order valence-corrected chi connectivity index (χ3v) is 6.70. The number of nitrogens with zero attached hydrogens (tertiary/aromatic N) is 5. The molecule has 1 spiro atoms. The van der Waals surface area contributed by atoms with Gasteiger partial charge in [-0.25, -0.2) is 9.97 Å². The smallest absolute Gasteiger partial charge is 0.231 e. The van der Waals surface area contributed by atoms with Gasteiger partial charge in [0.15, 0.2) is 0 Å². The van der Waals surface area contributed by atoms with Crippen LogP contribution in [0, 0.1) is 5.41 Å². The molecule has 3 aliphatic rings. The number of rotatable bonds is 6. The number of carbonyl (C=O) groups is 2. The van der Waals surface area contributed by atoms with Gasteiger partial charge in [0.25, 0.3) is 0 Å². The standard InChI is InChI=1S/C21H31N5O3/c27-17(26-18(28)15-21(16-19(26)29)6-1-2-7-21)5-3-10-24-11-13-25(14-12-24)20-22-8-4-9-23-20/h4,8-9,17,27H,1-3,5-7,10-16H2. The van der Waals surface area contributed by atoms with E-state index in [2.05, 4.69) is 19.8 Å². The van der Waals surface area contributed by atoms with Crippen molar-refractivity contribution in [3.8, 4) is 0 Å². The van der Waals surface area contributed by atoms with E-state index in [1.54, 1.807) is 12.4 Å². The maximum atomic E-state index is 12.6. The van der Waals surface area contributed by atoms with E-state index in [9.17, 15) is 14.7 Å². The van der Waals surface area contributed by atoms with Crippen LogP contribution in [0.25, 0.3) is 0 Å². The summed E-state index contributed by atoms with van der Waals surface area (Å²) in [6, 6.07) is 1.82. The summed E-state index contributed by atoms with van der Waals surface area (Å²) in [5.74, 6) is 0.393. The van der Waals surface area contributed by atoms with Gasteiger partial charge in [0.05, 0.1) is 0 Å². The zero-order valence-electron chi connectivity index (χ0n) is 17.0. The molecule has 1 aromatic heterocycles. The average molecular weight is 402 g/mol. The van der Waals surface area contributed by atoms with Crippen molar-refractivity contribution in [2.24, 2.45) is 5.41 Å². The van der Waals surface area contributed by atoms with Crippen molar-refractivity contribution in [3.05, 3.63) is 18.5 Å². The van der Waals surface area contributed by atoms with E-state index in [1.807, 2.05) is 6.07 Å². The molecule has 0 bridgehead atoms. The molecule has 158 valence electrons. The molecule has 2 amide bonds. The Hall–Kier alpha value is -2.06. The second kappa shape index (κ2) is 8.75. The summed E-state index contributed by atoms with van der Waals surface area (Å²) < 4.78 is 0. The molecule has 3 fully saturated rings. The zero-order chi connectivity index (χ0) is 20.3. The molecule has 0 radical (unpaired) electrons. The third kappa shape index (κ3) is 4.59. The number of imide groups is 1. The van der Waals surface area contributed by atoms with Crippen molar-refractivity contribution in [3.63, 3.8) is 0 Å². The summed E-state index contributed by atoms with van der Waals surface area (Å²) in [6.07, 6.45) is 8.69. The summed E-state index contributed by atoms with van der Waals surface area (Å²) >= 11 is 0. The SMILES string of the molecule is O=C1CC2(CCCC2)CC(=O)N1C(O)CCCN1CCN(c2ncccn2)CC1. The van der Waals surface area contributed by atoms with Gasteiger partial charge in [0.2, 0.25) is 17.8 Å². The Morgan fingerprint density at radius 2 is 1.62 bits per heavy atom. The molecular weight excluding hydrogens is 370 g/mol. The largest absolute Gasteiger partial charge is 0.373 e. The first kappa shape index (κ1) is 20.2. The molecule has 8 nitrogen and oxygen atoms in total. The fourth-order valence-electron chi connectivity index (χ4n) is 5.08. The Morgan fingerprint density at radius 1 is 1.00 bits per heavy atom. The molecule has 3 heterocycles. The Labute approximate surface area is 171 Å². The zero-order valence-corrected chi connectivity index (χ0v) is 17.0. The topological polar surface area (TPSA) is 89.9 Å². The molecular formula is C21H31N5O3. The van der Waals surface area contributed by atoms with Gasteiger partial charge in [-0.2, -0.15) is 0 Å². The molecule has 1 aromatic rings. The Bertz CT molecular complexity index is 694. The van der Waals surface area contributed by atoms with Crippen LogP contribution >= 0.6 is 0 Å². The van der Waals surface area contributed by atoms with Crippen molar-refractivity contribution in [2.75, 3.05) is 37.6 Å². The summed E-state index contributed by atoms with van der Waals surface area (Å²) in [5, 5.41) is 10.5. The summed E-state index contributed by atoms with van der Waals surface area (Å²) in [6.45, 7) is 4.42. The third-order valence-electron chi connectivity index (χ3n) is 6.70. The number of aromatic nitrogens is 2. The molecule has 1 saturated carbocycles. The highest BCUT2D eigenvalue weighted by Crippen LogP contribution is 2.47. The second-order valence-electron chi connectivity index (χ2n) is 8.72. The van der Waals surface area contributed by atoms with Gasteiger partial charge in [-0.05, 0) is 43.7 Å². The van der Waals surface area contributed by atoms with Crippen molar-refractivity contribution < 1.29 is 14.7 Å². The molecule has 1 aliphatic carbocycles. The van der Waals surface area contributed by atoms with Gasteiger partial charge < -0.3 is 10.0 Å². The minimum atomic E-state index is -0.993. The van der Waals surface area contributed by atoms with Crippen LogP contribution in [0.4, 0.5) is 5.95 Å². The minimum Gasteiger partial charge on any atom is -0.373 e. The number of carbonyl (C=O) groups excluding carboxylic acids is 2. The summed E-state index contributed by atoms with van der Waals surface area (Å²) in [5.41, 5.74) is -0.119. The van der Waals surface area contributed by atoms with Crippen LogP contribution in [0.5, 0.6) is 0 Å². The number of aliphatic hydroxyl groups is 1. The number of likely N-dealkylation sites (tertiary alicyclic amines) is 1. The highest BCUT2D eigenvalue weighted by atomic mass is 16.3. The lowest BCUT2D eigenvalue weighted by atomic mass is 9.76. The number of piperazine rings is 1. The lowest BCUT2D eigenvalue weighted by molar-refractivity contribution is -0.165. The van der Waals surface area contributed by atoms with E-state index < -0.39 is 6.23 Å². The molecule has 1 unspecified atom stereocenters. The van der Waals surface area contributed by atoms with Gasteiger partial charge in [-0.1, -0.05) is 12.8 Å². The van der Waals surface area contributed by atoms with E-state index in [4.69, 9.17) is 0 Å². The van der Waals surface area contributed by atoms with Crippen LogP contribution in [0.15, 0.2) is 18.5 Å². The van der Waals surface area contributed by atoms with Crippen LogP contribution in [-0.2, 0) is 9.59 Å². The molecule has 29 heavy (non-hydrogen) atoms. The van der Waals surface area contributed by atoms with Crippen molar-refractivity contribution in [2.45, 2.75) is 57.6 Å². The number of hydrogen-bond acceptors (Lipinski definition) is 7. The van der Waals surface area contributed by atoms with Crippen LogP contribution in [0.1, 0.15) is 51.4 Å². The summed E-state index contributed by atoms with van der Waals surface area (Å²) in [4.78, 5) is 39.4. The second-order valence-corrected chi connectivity index (χ2v) is 8.72. The van der Waals surface area contributed by atoms with Crippen LogP contribution < -0.4 is 4.90 Å². The minimum absolute atomic E-state index is 0.119. The van der Waals surface area contributed by atoms with Gasteiger partial charge in [0.1, 0.15) is 6.23 Å². The lowest BCUT2D eigenvalue weighted by Crippen LogP contribution is -2.52. The Kier molecular flexibility index (Phi) is 6.10. The monoisotopic (exact) mass is 401 g/mol. The first-order valence-corrected chi connectivity index (χ1v) is 10.8. The van der Waals surface area contributed by atoms with Gasteiger partial charge in [0, 0.05) is 51.4 Å². The van der Waals surface area contributed by atoms with Crippen LogP contribution in [0.2, 0.25) is 0 Å². The molecule has 1 atom stereocenters. The molecule has 2 aliphatic heterocycles. The quantitative estimate of drug-likeness (QED) is 0.721. The van der Waals surface area contributed by atoms with E-state index >= 15 is 0 Å². The first-order valence-electron chi connectivity index (χ1n) is 10.8. The maximum Gasteiger partial charge on any atom is 0.231 e. The van der Waals surface area contributed by atoms with Crippen molar-refractivity contribution in [1.29, 1.82) is 0 Å². The molecule has 2 saturated heterocycles. The Balaban J connectivity index is 1.20. The highest BCUT2D eigenvalue weighted by molar-refractivity contribution is 5.98. The number of anilines is 1. The molecule has 4 rings (SSSR count). The normalized spacial score (nSPS) is 23.8. The van der Waals surface area contributed by atoms with Gasteiger partial charge in [-0.15, -0.1) is 0 Å². The fourth-order valence-corrected chi connectivity index (χ4v) is 5.08. The van der Waals surface area contributed by atoms with Gasteiger partial charge in [-0.3, -0.25) is 19.4 Å². The van der Waals surface area contributed by atoms with Crippen molar-refractivity contribution >= 4 is 17.8 Å². The predicted molar refractivity (Wildman–Crippen MR) is 108 cm³/mol. The van der Waals surface area contributed by atoms with Gasteiger partial charge >= 0.3 is 0 Å². The van der Waals surface area contributed by atoms with E-state index in [-0.39, 0.29) is 17.2 Å². The molecule has 0 aromatic carbocycles. The number of hydrogen-bond donors (Lipinski definition) is 1.